The summed E-state index contributed by atoms with van der Waals surface area (Å²) < 4.78 is 26.0. The number of rotatable bonds is 3. The number of aromatic nitrogens is 1. The lowest BCUT2D eigenvalue weighted by molar-refractivity contribution is 0.0614. The van der Waals surface area contributed by atoms with Crippen LogP contribution >= 0.6 is 23.1 Å². The minimum absolute atomic E-state index is 0.423. The molecule has 1 aliphatic rings. The summed E-state index contributed by atoms with van der Waals surface area (Å²) in [5.41, 5.74) is 0.991. The Morgan fingerprint density at radius 2 is 2.22 bits per heavy atom. The Bertz CT molecular complexity index is 564. The number of alkyl halides is 2. The van der Waals surface area contributed by atoms with Gasteiger partial charge in [-0.2, -0.15) is 0 Å². The first kappa shape index (κ1) is 12.2. The van der Waals surface area contributed by atoms with Crippen molar-refractivity contribution >= 4 is 38.4 Å². The van der Waals surface area contributed by atoms with Crippen LogP contribution in [-0.4, -0.2) is 30.8 Å². The standard InChI is InChI=1S/C12H12F2N2S2/c1-17-8-3-2-4-9-10(8)15-12(18-9)16-5-7(6-16)11(13)14/h2-4,7,11H,5-6H2,1H3. The van der Waals surface area contributed by atoms with Crippen LogP contribution in [0.25, 0.3) is 10.2 Å². The molecule has 1 aromatic carbocycles. The van der Waals surface area contributed by atoms with Gasteiger partial charge in [0.2, 0.25) is 6.43 Å². The number of nitrogens with zero attached hydrogens (tertiary/aromatic N) is 2. The van der Waals surface area contributed by atoms with Crippen molar-refractivity contribution in [2.45, 2.75) is 11.3 Å². The number of fused-ring (bicyclic) bond motifs is 1. The van der Waals surface area contributed by atoms with Gasteiger partial charge in [0, 0.05) is 18.0 Å². The third kappa shape index (κ3) is 1.97. The molecule has 0 N–H and O–H groups in total. The molecular formula is C12H12F2N2S2. The summed E-state index contributed by atoms with van der Waals surface area (Å²) in [6, 6.07) is 6.07. The molecule has 0 saturated carbocycles. The van der Waals surface area contributed by atoms with Crippen molar-refractivity contribution in [3.05, 3.63) is 18.2 Å². The Labute approximate surface area is 112 Å². The lowest BCUT2D eigenvalue weighted by Crippen LogP contribution is -2.50. The van der Waals surface area contributed by atoms with Crippen LogP contribution in [0, 0.1) is 5.92 Å². The highest BCUT2D eigenvalue weighted by molar-refractivity contribution is 7.98. The molecule has 2 heterocycles. The zero-order chi connectivity index (χ0) is 12.7. The van der Waals surface area contributed by atoms with Crippen LogP contribution < -0.4 is 4.90 Å². The van der Waals surface area contributed by atoms with Crippen LogP contribution in [0.1, 0.15) is 0 Å². The van der Waals surface area contributed by atoms with Gasteiger partial charge in [0.05, 0.1) is 16.1 Å². The number of hydrogen-bond donors (Lipinski definition) is 0. The Morgan fingerprint density at radius 1 is 1.44 bits per heavy atom. The largest absolute Gasteiger partial charge is 0.347 e. The van der Waals surface area contributed by atoms with E-state index in [9.17, 15) is 8.78 Å². The maximum Gasteiger partial charge on any atom is 0.244 e. The van der Waals surface area contributed by atoms with E-state index in [1.807, 2.05) is 29.4 Å². The highest BCUT2D eigenvalue weighted by atomic mass is 32.2. The number of benzene rings is 1. The first-order valence-corrected chi connectivity index (χ1v) is 7.70. The van der Waals surface area contributed by atoms with Gasteiger partial charge in [0.25, 0.3) is 0 Å². The molecule has 2 nitrogen and oxygen atoms in total. The van der Waals surface area contributed by atoms with Gasteiger partial charge >= 0.3 is 0 Å². The van der Waals surface area contributed by atoms with E-state index in [2.05, 4.69) is 4.98 Å². The summed E-state index contributed by atoms with van der Waals surface area (Å²) in [7, 11) is 0. The van der Waals surface area contributed by atoms with Crippen molar-refractivity contribution in [2.24, 2.45) is 5.92 Å². The van der Waals surface area contributed by atoms with E-state index in [1.165, 1.54) is 0 Å². The molecule has 1 aromatic heterocycles. The van der Waals surface area contributed by atoms with E-state index >= 15 is 0 Å². The minimum Gasteiger partial charge on any atom is -0.347 e. The quantitative estimate of drug-likeness (QED) is 0.800. The third-order valence-electron chi connectivity index (χ3n) is 3.13. The van der Waals surface area contributed by atoms with E-state index in [1.54, 1.807) is 23.1 Å². The van der Waals surface area contributed by atoms with Crippen LogP contribution in [0.15, 0.2) is 23.1 Å². The van der Waals surface area contributed by atoms with Crippen LogP contribution in [0.4, 0.5) is 13.9 Å². The van der Waals surface area contributed by atoms with Crippen molar-refractivity contribution in [3.8, 4) is 0 Å². The van der Waals surface area contributed by atoms with Gasteiger partial charge in [-0.15, -0.1) is 11.8 Å². The molecule has 0 radical (unpaired) electrons. The molecule has 2 aromatic rings. The Kier molecular flexibility index (Phi) is 3.15. The molecule has 1 fully saturated rings. The minimum atomic E-state index is -2.21. The Morgan fingerprint density at radius 3 is 2.89 bits per heavy atom. The van der Waals surface area contributed by atoms with Crippen molar-refractivity contribution in [3.63, 3.8) is 0 Å². The summed E-state index contributed by atoms with van der Waals surface area (Å²) >= 11 is 3.24. The van der Waals surface area contributed by atoms with Crippen molar-refractivity contribution in [2.75, 3.05) is 24.2 Å². The second-order valence-electron chi connectivity index (χ2n) is 4.30. The molecule has 0 atom stereocenters. The van der Waals surface area contributed by atoms with E-state index in [4.69, 9.17) is 0 Å². The first-order chi connectivity index (χ1) is 8.69. The number of hydrogen-bond acceptors (Lipinski definition) is 4. The monoisotopic (exact) mass is 286 g/mol. The molecule has 3 rings (SSSR count). The molecule has 18 heavy (non-hydrogen) atoms. The highest BCUT2D eigenvalue weighted by Crippen LogP contribution is 2.37. The molecule has 1 aliphatic heterocycles. The summed E-state index contributed by atoms with van der Waals surface area (Å²) in [5, 5.41) is 0.864. The number of para-hydroxylation sites is 1. The van der Waals surface area contributed by atoms with Gasteiger partial charge in [-0.05, 0) is 18.4 Å². The van der Waals surface area contributed by atoms with Crippen LogP contribution in [0.2, 0.25) is 0 Å². The Balaban J connectivity index is 1.87. The average Bonchev–Trinajstić information content (AvgIpc) is 2.69. The van der Waals surface area contributed by atoms with Crippen molar-refractivity contribution < 1.29 is 8.78 Å². The summed E-state index contributed by atoms with van der Waals surface area (Å²) in [6.07, 6.45) is -0.193. The van der Waals surface area contributed by atoms with Gasteiger partial charge in [-0.3, -0.25) is 0 Å². The fraction of sp³-hybridized carbons (Fsp3) is 0.417. The van der Waals surface area contributed by atoms with Crippen molar-refractivity contribution in [1.82, 2.24) is 4.98 Å². The van der Waals surface area contributed by atoms with Crippen LogP contribution in [0.5, 0.6) is 0 Å². The SMILES string of the molecule is CSc1cccc2sc(N3CC(C(F)F)C3)nc12. The molecule has 0 bridgehead atoms. The van der Waals surface area contributed by atoms with Gasteiger partial charge in [0.15, 0.2) is 5.13 Å². The highest BCUT2D eigenvalue weighted by Gasteiger charge is 2.35. The normalized spacial score (nSPS) is 16.6. The predicted molar refractivity (Wildman–Crippen MR) is 73.1 cm³/mol. The second-order valence-corrected chi connectivity index (χ2v) is 6.16. The maximum atomic E-state index is 12.4. The lowest BCUT2D eigenvalue weighted by Gasteiger charge is -2.38. The maximum absolute atomic E-state index is 12.4. The van der Waals surface area contributed by atoms with Gasteiger partial charge < -0.3 is 4.90 Å². The molecule has 0 aliphatic carbocycles. The molecule has 0 spiro atoms. The first-order valence-electron chi connectivity index (χ1n) is 5.65. The molecular weight excluding hydrogens is 274 g/mol. The summed E-state index contributed by atoms with van der Waals surface area (Å²) in [6.45, 7) is 0.845. The topological polar surface area (TPSA) is 16.1 Å². The van der Waals surface area contributed by atoms with E-state index in [-0.39, 0.29) is 0 Å². The lowest BCUT2D eigenvalue weighted by atomic mass is 10.0. The fourth-order valence-electron chi connectivity index (χ4n) is 2.04. The number of thiazole rings is 1. The Hall–Kier alpha value is -0.880. The number of anilines is 1. The van der Waals surface area contributed by atoms with Crippen LogP contribution in [0.3, 0.4) is 0 Å². The number of thioether (sulfide) groups is 1. The van der Waals surface area contributed by atoms with E-state index < -0.39 is 12.3 Å². The van der Waals surface area contributed by atoms with Gasteiger partial charge in [-0.1, -0.05) is 17.4 Å². The zero-order valence-electron chi connectivity index (χ0n) is 9.77. The second kappa shape index (κ2) is 4.66. The fourth-order valence-corrected chi connectivity index (χ4v) is 3.68. The summed E-state index contributed by atoms with van der Waals surface area (Å²) in [4.78, 5) is 7.65. The smallest absolute Gasteiger partial charge is 0.244 e. The van der Waals surface area contributed by atoms with Gasteiger partial charge in [-0.25, -0.2) is 13.8 Å². The third-order valence-corrected chi connectivity index (χ3v) is 4.98. The molecule has 1 saturated heterocycles. The zero-order valence-corrected chi connectivity index (χ0v) is 11.4. The van der Waals surface area contributed by atoms with E-state index in [0.29, 0.717) is 13.1 Å². The van der Waals surface area contributed by atoms with Crippen molar-refractivity contribution in [1.29, 1.82) is 0 Å². The average molecular weight is 286 g/mol. The molecule has 0 unspecified atom stereocenters. The van der Waals surface area contributed by atoms with Crippen LogP contribution in [-0.2, 0) is 0 Å². The van der Waals surface area contributed by atoms with E-state index in [0.717, 1.165) is 20.2 Å². The van der Waals surface area contributed by atoms with Gasteiger partial charge in [0.1, 0.15) is 0 Å². The molecule has 0 amide bonds. The molecule has 96 valence electrons. The number of halogens is 2. The molecule has 6 heteroatoms. The summed E-state index contributed by atoms with van der Waals surface area (Å²) in [5.74, 6) is -0.489. The predicted octanol–water partition coefficient (Wildman–Crippen LogP) is 3.72.